The van der Waals surface area contributed by atoms with Crippen molar-refractivity contribution in [1.29, 1.82) is 0 Å². The Morgan fingerprint density at radius 1 is 1.21 bits per heavy atom. The van der Waals surface area contributed by atoms with Gasteiger partial charge in [-0.2, -0.15) is 0 Å². The molecule has 5 heteroatoms. The van der Waals surface area contributed by atoms with Crippen LogP contribution in [0.4, 0.5) is 5.69 Å². The van der Waals surface area contributed by atoms with Crippen LogP contribution >= 0.6 is 11.8 Å². The van der Waals surface area contributed by atoms with E-state index in [2.05, 4.69) is 5.32 Å². The van der Waals surface area contributed by atoms with Crippen LogP contribution in [0.15, 0.2) is 23.1 Å². The van der Waals surface area contributed by atoms with Gasteiger partial charge in [0.05, 0.1) is 10.9 Å². The summed E-state index contributed by atoms with van der Waals surface area (Å²) in [6.07, 6.45) is 6.42. The molecular weight excluding hydrogens is 320 g/mol. The van der Waals surface area contributed by atoms with Gasteiger partial charge in [-0.1, -0.05) is 19.3 Å². The second-order valence-electron chi connectivity index (χ2n) is 7.30. The Balaban J connectivity index is 1.51. The number of hydrogen-bond acceptors (Lipinski definition) is 3. The van der Waals surface area contributed by atoms with Crippen molar-refractivity contribution in [1.82, 2.24) is 4.90 Å². The van der Waals surface area contributed by atoms with Crippen LogP contribution < -0.4 is 5.32 Å². The van der Waals surface area contributed by atoms with E-state index in [0.717, 1.165) is 36.0 Å². The highest BCUT2D eigenvalue weighted by molar-refractivity contribution is 8.00. The van der Waals surface area contributed by atoms with Gasteiger partial charge >= 0.3 is 0 Å². The van der Waals surface area contributed by atoms with Crippen LogP contribution in [0, 0.1) is 11.8 Å². The van der Waals surface area contributed by atoms with Gasteiger partial charge in [-0.25, -0.2) is 0 Å². The molecule has 2 heterocycles. The standard InChI is InChI=1S/C19H24N2O2S/c1-12-18(22)20-16-10-14(6-7-17(16)24-12)19(23)21-9-8-13-4-2-3-5-15(13)11-21/h6-7,10,12-13,15H,2-5,8-9,11H2,1H3,(H,20,22)/t12-,13-,15-/m0/s1. The molecule has 24 heavy (non-hydrogen) atoms. The van der Waals surface area contributed by atoms with Crippen LogP contribution in [0.1, 0.15) is 49.4 Å². The number of thioether (sulfide) groups is 1. The van der Waals surface area contributed by atoms with Crippen LogP contribution in [0.5, 0.6) is 0 Å². The molecule has 3 atom stereocenters. The molecule has 4 rings (SSSR count). The fourth-order valence-corrected chi connectivity index (χ4v) is 5.24. The van der Waals surface area contributed by atoms with E-state index in [9.17, 15) is 9.59 Å². The lowest BCUT2D eigenvalue weighted by molar-refractivity contribution is -0.115. The van der Waals surface area contributed by atoms with E-state index in [-0.39, 0.29) is 17.1 Å². The average Bonchev–Trinajstić information content (AvgIpc) is 2.61. The van der Waals surface area contributed by atoms with Gasteiger partial charge in [0.1, 0.15) is 0 Å². The van der Waals surface area contributed by atoms with Crippen LogP contribution in [0.25, 0.3) is 0 Å². The first-order valence-corrected chi connectivity index (χ1v) is 9.90. The Kier molecular flexibility index (Phi) is 4.29. The second-order valence-corrected chi connectivity index (χ2v) is 8.69. The number of nitrogens with one attached hydrogen (secondary N) is 1. The van der Waals surface area contributed by atoms with Crippen LogP contribution in [-0.4, -0.2) is 35.1 Å². The minimum absolute atomic E-state index is 0.0140. The van der Waals surface area contributed by atoms with Gasteiger partial charge in [0.25, 0.3) is 5.91 Å². The zero-order chi connectivity index (χ0) is 16.7. The molecule has 128 valence electrons. The Morgan fingerprint density at radius 3 is 2.83 bits per heavy atom. The maximum absolute atomic E-state index is 12.9. The van der Waals surface area contributed by atoms with Crippen LogP contribution in [0.3, 0.4) is 0 Å². The number of amides is 2. The minimum atomic E-state index is -0.0793. The first kappa shape index (κ1) is 16.0. The smallest absolute Gasteiger partial charge is 0.253 e. The Labute approximate surface area is 147 Å². The predicted molar refractivity (Wildman–Crippen MR) is 96.4 cm³/mol. The van der Waals surface area contributed by atoms with E-state index in [1.54, 1.807) is 11.8 Å². The van der Waals surface area contributed by atoms with E-state index in [1.165, 1.54) is 25.7 Å². The summed E-state index contributed by atoms with van der Waals surface area (Å²) in [6, 6.07) is 5.73. The lowest BCUT2D eigenvalue weighted by Crippen LogP contribution is -2.44. The normalized spacial score (nSPS) is 29.5. The second kappa shape index (κ2) is 6.43. The molecule has 2 amide bonds. The number of fused-ring (bicyclic) bond motifs is 2. The lowest BCUT2D eigenvalue weighted by Gasteiger charge is -2.41. The molecule has 1 saturated carbocycles. The summed E-state index contributed by atoms with van der Waals surface area (Å²) in [4.78, 5) is 27.9. The van der Waals surface area contributed by atoms with Crippen molar-refractivity contribution >= 4 is 29.3 Å². The average molecular weight is 344 g/mol. The maximum atomic E-state index is 12.9. The summed E-state index contributed by atoms with van der Waals surface area (Å²) in [5, 5.41) is 2.84. The molecular formula is C19H24N2O2S. The van der Waals surface area contributed by atoms with Crippen molar-refractivity contribution < 1.29 is 9.59 Å². The van der Waals surface area contributed by atoms with E-state index >= 15 is 0 Å². The Bertz CT molecular complexity index is 675. The molecule has 0 unspecified atom stereocenters. The summed E-state index contributed by atoms with van der Waals surface area (Å²) in [5.41, 5.74) is 1.47. The van der Waals surface area contributed by atoms with E-state index in [1.807, 2.05) is 30.0 Å². The molecule has 0 spiro atoms. The molecule has 2 aliphatic heterocycles. The summed E-state index contributed by atoms with van der Waals surface area (Å²) >= 11 is 1.55. The molecule has 1 aliphatic carbocycles. The Morgan fingerprint density at radius 2 is 2.00 bits per heavy atom. The molecule has 1 N–H and O–H groups in total. The predicted octanol–water partition coefficient (Wildman–Crippen LogP) is 3.77. The van der Waals surface area contributed by atoms with E-state index in [4.69, 9.17) is 0 Å². The highest BCUT2D eigenvalue weighted by Crippen LogP contribution is 2.38. The highest BCUT2D eigenvalue weighted by atomic mass is 32.2. The largest absolute Gasteiger partial charge is 0.338 e. The molecule has 1 aromatic carbocycles. The van der Waals surface area contributed by atoms with Crippen molar-refractivity contribution in [3.63, 3.8) is 0 Å². The monoisotopic (exact) mass is 344 g/mol. The van der Waals surface area contributed by atoms with Crippen molar-refractivity contribution in [2.45, 2.75) is 49.2 Å². The summed E-state index contributed by atoms with van der Waals surface area (Å²) < 4.78 is 0. The van der Waals surface area contributed by atoms with Gasteiger partial charge in [0.15, 0.2) is 0 Å². The van der Waals surface area contributed by atoms with Crippen molar-refractivity contribution in [2.75, 3.05) is 18.4 Å². The number of likely N-dealkylation sites (tertiary alicyclic amines) is 1. The van der Waals surface area contributed by atoms with Gasteiger partial charge in [0, 0.05) is 23.5 Å². The quantitative estimate of drug-likeness (QED) is 0.844. The first-order valence-electron chi connectivity index (χ1n) is 9.02. The third kappa shape index (κ3) is 2.94. The molecule has 1 aromatic rings. The minimum Gasteiger partial charge on any atom is -0.338 e. The lowest BCUT2D eigenvalue weighted by atomic mass is 9.75. The molecule has 0 radical (unpaired) electrons. The van der Waals surface area contributed by atoms with Crippen molar-refractivity contribution in [3.8, 4) is 0 Å². The third-order valence-corrected chi connectivity index (χ3v) is 6.91. The molecule has 2 fully saturated rings. The summed E-state index contributed by atoms with van der Waals surface area (Å²) in [5.74, 6) is 1.63. The number of anilines is 1. The van der Waals surface area contributed by atoms with Gasteiger partial charge in [-0.15, -0.1) is 11.8 Å². The van der Waals surface area contributed by atoms with Crippen LogP contribution in [-0.2, 0) is 4.79 Å². The van der Waals surface area contributed by atoms with Gasteiger partial charge in [-0.3, -0.25) is 9.59 Å². The van der Waals surface area contributed by atoms with Gasteiger partial charge < -0.3 is 10.2 Å². The third-order valence-electron chi connectivity index (χ3n) is 5.74. The summed E-state index contributed by atoms with van der Waals surface area (Å²) in [7, 11) is 0. The summed E-state index contributed by atoms with van der Waals surface area (Å²) in [6.45, 7) is 3.67. The van der Waals surface area contributed by atoms with E-state index < -0.39 is 0 Å². The Hall–Kier alpha value is -1.49. The zero-order valence-corrected chi connectivity index (χ0v) is 14.9. The molecule has 4 nitrogen and oxygen atoms in total. The number of hydrogen-bond donors (Lipinski definition) is 1. The molecule has 1 saturated heterocycles. The molecule has 0 aromatic heterocycles. The fraction of sp³-hybridized carbons (Fsp3) is 0.579. The van der Waals surface area contributed by atoms with Crippen LogP contribution in [0.2, 0.25) is 0 Å². The van der Waals surface area contributed by atoms with Crippen molar-refractivity contribution in [3.05, 3.63) is 23.8 Å². The molecule has 3 aliphatic rings. The van der Waals surface area contributed by atoms with Crippen molar-refractivity contribution in [2.24, 2.45) is 11.8 Å². The first-order chi connectivity index (χ1) is 11.6. The number of benzene rings is 1. The topological polar surface area (TPSA) is 49.4 Å². The number of carbonyl (C=O) groups excluding carboxylic acids is 2. The van der Waals surface area contributed by atoms with Gasteiger partial charge in [0.2, 0.25) is 5.91 Å². The zero-order valence-electron chi connectivity index (χ0n) is 14.1. The SMILES string of the molecule is C[C@@H]1Sc2ccc(C(=O)N3CC[C@@H]4CCCC[C@H]4C3)cc2NC1=O. The van der Waals surface area contributed by atoms with Gasteiger partial charge in [-0.05, 0) is 49.8 Å². The fourth-order valence-electron chi connectivity index (χ4n) is 4.31. The van der Waals surface area contributed by atoms with E-state index in [0.29, 0.717) is 11.5 Å². The number of rotatable bonds is 1. The number of nitrogens with zero attached hydrogens (tertiary/aromatic N) is 1. The number of carbonyl (C=O) groups is 2. The number of piperidine rings is 1. The maximum Gasteiger partial charge on any atom is 0.253 e. The molecule has 0 bridgehead atoms. The highest BCUT2D eigenvalue weighted by Gasteiger charge is 2.33.